The first-order chi connectivity index (χ1) is 13.9. The molecule has 2 unspecified atom stereocenters. The fraction of sp³-hybridized carbons (Fsp3) is 0.450. The van der Waals surface area contributed by atoms with Crippen LogP contribution >= 0.6 is 35.3 Å². The molecule has 0 radical (unpaired) electrons. The Kier molecular flexibility index (Phi) is 12.1. The number of guanidine groups is 1. The van der Waals surface area contributed by atoms with Crippen LogP contribution < -0.4 is 10.6 Å². The van der Waals surface area contributed by atoms with Gasteiger partial charge in [-0.25, -0.2) is 9.78 Å². The number of esters is 1. The number of rotatable bonds is 9. The number of aromatic nitrogens is 1. The third kappa shape index (κ3) is 8.31. The number of aryl methyl sites for hydroxylation is 1. The summed E-state index contributed by atoms with van der Waals surface area (Å²) in [5.41, 5.74) is 1.73. The predicted octanol–water partition coefficient (Wildman–Crippen LogP) is 3.42. The maximum atomic E-state index is 12.2. The van der Waals surface area contributed by atoms with Crippen molar-refractivity contribution in [1.82, 2.24) is 15.6 Å². The van der Waals surface area contributed by atoms with Gasteiger partial charge in [-0.2, -0.15) is 0 Å². The first-order valence-electron chi connectivity index (χ1n) is 9.45. The second-order valence-electron chi connectivity index (χ2n) is 6.33. The van der Waals surface area contributed by atoms with Gasteiger partial charge in [-0.05, 0) is 26.3 Å². The Morgan fingerprint density at radius 2 is 2.03 bits per heavy atom. The van der Waals surface area contributed by atoms with E-state index in [4.69, 9.17) is 4.74 Å². The van der Waals surface area contributed by atoms with Crippen LogP contribution in [0.1, 0.15) is 45.8 Å². The maximum Gasteiger partial charge on any atom is 0.350 e. The third-order valence-corrected chi connectivity index (χ3v) is 6.65. The lowest BCUT2D eigenvalue weighted by molar-refractivity contribution is 0.0531. The minimum Gasteiger partial charge on any atom is -0.462 e. The molecule has 1 heterocycles. The molecule has 2 aromatic rings. The SMILES string of the molecule is CCOC(=O)c1sc(C(C)NC(=NC)NCCS(=O)Cc2ccccc2)nc1C.I. The summed E-state index contributed by atoms with van der Waals surface area (Å²) in [6.07, 6.45) is 0. The molecule has 0 fully saturated rings. The molecule has 2 rings (SSSR count). The first kappa shape index (κ1) is 26.5. The summed E-state index contributed by atoms with van der Waals surface area (Å²) in [5.74, 6) is 1.32. The number of carbonyl (C=O) groups is 1. The van der Waals surface area contributed by atoms with Gasteiger partial charge >= 0.3 is 5.97 Å². The normalized spacial score (nSPS) is 13.1. The highest BCUT2D eigenvalue weighted by Gasteiger charge is 2.20. The Hall–Kier alpha value is -1.53. The number of thiazole rings is 1. The monoisotopic (exact) mass is 564 g/mol. The fourth-order valence-corrected chi connectivity index (χ4v) is 4.57. The van der Waals surface area contributed by atoms with Crippen LogP contribution in [0.4, 0.5) is 0 Å². The quantitative estimate of drug-likeness (QED) is 0.210. The van der Waals surface area contributed by atoms with Gasteiger partial charge in [0.25, 0.3) is 0 Å². The van der Waals surface area contributed by atoms with Crippen LogP contribution in [-0.2, 0) is 21.3 Å². The lowest BCUT2D eigenvalue weighted by atomic mass is 10.2. The molecule has 0 aliphatic heterocycles. The number of hydrogen-bond donors (Lipinski definition) is 2. The number of halogens is 1. The average Bonchev–Trinajstić information content (AvgIpc) is 3.10. The van der Waals surface area contributed by atoms with Gasteiger partial charge in [-0.1, -0.05) is 30.3 Å². The van der Waals surface area contributed by atoms with E-state index in [2.05, 4.69) is 20.6 Å². The summed E-state index contributed by atoms with van der Waals surface area (Å²) in [5, 5.41) is 7.21. The Morgan fingerprint density at radius 1 is 1.33 bits per heavy atom. The number of aliphatic imine (C=N–C) groups is 1. The van der Waals surface area contributed by atoms with Crippen LogP contribution in [0.2, 0.25) is 0 Å². The number of ether oxygens (including phenoxy) is 1. The van der Waals surface area contributed by atoms with Gasteiger partial charge in [0.1, 0.15) is 9.88 Å². The standard InChI is InChI=1S/C20H28N4O3S2.HI/c1-5-27-19(25)17-14(2)23-18(28-17)15(3)24-20(21-4)22-11-12-29(26)13-16-9-7-6-8-10-16;/h6-10,15H,5,11-13H2,1-4H3,(H2,21,22,24);1H. The molecular weight excluding hydrogens is 535 g/mol. The molecular formula is C20H29IN4O3S2. The topological polar surface area (TPSA) is 92.7 Å². The number of carbonyl (C=O) groups excluding carboxylic acids is 1. The highest BCUT2D eigenvalue weighted by molar-refractivity contribution is 14.0. The van der Waals surface area contributed by atoms with E-state index in [1.165, 1.54) is 11.3 Å². The van der Waals surface area contributed by atoms with Crippen molar-refractivity contribution in [2.45, 2.75) is 32.6 Å². The van der Waals surface area contributed by atoms with Crippen molar-refractivity contribution in [1.29, 1.82) is 0 Å². The highest BCUT2D eigenvalue weighted by atomic mass is 127. The molecule has 2 atom stereocenters. The molecule has 0 aliphatic rings. The number of nitrogens with zero attached hydrogens (tertiary/aromatic N) is 2. The van der Waals surface area contributed by atoms with E-state index < -0.39 is 10.8 Å². The molecule has 1 aromatic carbocycles. The average molecular weight is 565 g/mol. The van der Waals surface area contributed by atoms with Gasteiger partial charge in [0.05, 0.1) is 18.3 Å². The van der Waals surface area contributed by atoms with E-state index >= 15 is 0 Å². The van der Waals surface area contributed by atoms with E-state index in [0.29, 0.717) is 41.2 Å². The molecule has 0 saturated carbocycles. The van der Waals surface area contributed by atoms with Crippen molar-refractivity contribution in [3.8, 4) is 0 Å². The van der Waals surface area contributed by atoms with Crippen LogP contribution in [0.5, 0.6) is 0 Å². The molecule has 0 amide bonds. The Bertz CT molecular complexity index is 859. The van der Waals surface area contributed by atoms with Crippen molar-refractivity contribution in [2.75, 3.05) is 26.0 Å². The lowest BCUT2D eigenvalue weighted by Crippen LogP contribution is -2.40. The molecule has 1 aromatic heterocycles. The summed E-state index contributed by atoms with van der Waals surface area (Å²) < 4.78 is 17.3. The zero-order valence-electron chi connectivity index (χ0n) is 17.6. The smallest absolute Gasteiger partial charge is 0.350 e. The molecule has 0 aliphatic carbocycles. The van der Waals surface area contributed by atoms with Crippen LogP contribution in [-0.4, -0.2) is 47.1 Å². The van der Waals surface area contributed by atoms with Gasteiger partial charge in [0.15, 0.2) is 5.96 Å². The minimum atomic E-state index is -0.952. The Morgan fingerprint density at radius 3 is 2.67 bits per heavy atom. The van der Waals surface area contributed by atoms with Crippen molar-refractivity contribution in [3.63, 3.8) is 0 Å². The number of hydrogen-bond acceptors (Lipinski definition) is 6. The number of nitrogens with one attached hydrogen (secondary N) is 2. The second kappa shape index (κ2) is 13.7. The molecule has 0 spiro atoms. The molecule has 166 valence electrons. The van der Waals surface area contributed by atoms with Crippen molar-refractivity contribution < 1.29 is 13.7 Å². The van der Waals surface area contributed by atoms with Crippen molar-refractivity contribution >= 4 is 58.0 Å². The lowest BCUT2D eigenvalue weighted by Gasteiger charge is -2.16. The highest BCUT2D eigenvalue weighted by Crippen LogP contribution is 2.24. The van der Waals surface area contributed by atoms with Crippen molar-refractivity contribution in [3.05, 3.63) is 51.5 Å². The second-order valence-corrected chi connectivity index (χ2v) is 8.93. The summed E-state index contributed by atoms with van der Waals surface area (Å²) in [6, 6.07) is 9.67. The zero-order chi connectivity index (χ0) is 21.2. The third-order valence-electron chi connectivity index (χ3n) is 4.01. The van der Waals surface area contributed by atoms with Gasteiger partial charge in [-0.15, -0.1) is 35.3 Å². The van der Waals surface area contributed by atoms with E-state index in [9.17, 15) is 9.00 Å². The van der Waals surface area contributed by atoms with E-state index in [1.54, 1.807) is 20.9 Å². The fourth-order valence-electron chi connectivity index (χ4n) is 2.57. The first-order valence-corrected chi connectivity index (χ1v) is 11.8. The number of benzene rings is 1. The maximum absolute atomic E-state index is 12.2. The Labute approximate surface area is 201 Å². The molecule has 30 heavy (non-hydrogen) atoms. The van der Waals surface area contributed by atoms with Gasteiger partial charge in [-0.3, -0.25) is 9.20 Å². The van der Waals surface area contributed by atoms with Crippen LogP contribution in [0, 0.1) is 6.92 Å². The van der Waals surface area contributed by atoms with E-state index in [1.807, 2.05) is 37.3 Å². The predicted molar refractivity (Wildman–Crippen MR) is 134 cm³/mol. The summed E-state index contributed by atoms with van der Waals surface area (Å²) in [6.45, 7) is 6.40. The molecule has 10 heteroatoms. The van der Waals surface area contributed by atoms with Gasteiger partial charge < -0.3 is 15.4 Å². The van der Waals surface area contributed by atoms with E-state index in [-0.39, 0.29) is 36.0 Å². The zero-order valence-corrected chi connectivity index (χ0v) is 21.6. The van der Waals surface area contributed by atoms with Crippen LogP contribution in [0.3, 0.4) is 0 Å². The van der Waals surface area contributed by atoms with Crippen LogP contribution in [0.25, 0.3) is 0 Å². The summed E-state index contributed by atoms with van der Waals surface area (Å²) >= 11 is 1.32. The molecule has 2 N–H and O–H groups in total. The van der Waals surface area contributed by atoms with Crippen molar-refractivity contribution in [2.24, 2.45) is 4.99 Å². The minimum absolute atomic E-state index is 0. The summed E-state index contributed by atoms with van der Waals surface area (Å²) in [4.78, 5) is 21.2. The van der Waals surface area contributed by atoms with Gasteiger partial charge in [0, 0.05) is 35.9 Å². The Balaban J connectivity index is 0.00000450. The molecule has 0 bridgehead atoms. The van der Waals surface area contributed by atoms with E-state index in [0.717, 1.165) is 10.6 Å². The summed E-state index contributed by atoms with van der Waals surface area (Å²) in [7, 11) is 0.728. The van der Waals surface area contributed by atoms with Crippen LogP contribution in [0.15, 0.2) is 35.3 Å². The van der Waals surface area contributed by atoms with Gasteiger partial charge in [0.2, 0.25) is 0 Å². The largest absolute Gasteiger partial charge is 0.462 e. The molecule has 0 saturated heterocycles. The molecule has 7 nitrogen and oxygen atoms in total.